The number of carbonyl (C=O) groups is 1. The normalized spacial score (nSPS) is 14.9. The van der Waals surface area contributed by atoms with Gasteiger partial charge in [0.25, 0.3) is 0 Å². The third-order valence-electron chi connectivity index (χ3n) is 3.34. The molecule has 0 aromatic heterocycles. The second kappa shape index (κ2) is 7.12. The number of halogens is 1. The summed E-state index contributed by atoms with van der Waals surface area (Å²) in [4.78, 5) is 13.7. The van der Waals surface area contributed by atoms with Gasteiger partial charge in [-0.2, -0.15) is 0 Å². The standard InChI is InChI=1S/C14H20FN3O3/c1-20-13-9-12(10(15)8-11(13)16)17-3-2-14(19)18-4-6-21-7-5-18/h8-9,17H,2-7,16H2,1H3. The van der Waals surface area contributed by atoms with Crippen LogP contribution in [-0.4, -0.2) is 50.8 Å². The Morgan fingerprint density at radius 1 is 1.48 bits per heavy atom. The zero-order chi connectivity index (χ0) is 15.2. The Balaban J connectivity index is 1.86. The number of anilines is 2. The van der Waals surface area contributed by atoms with Crippen LogP contribution in [0.3, 0.4) is 0 Å². The Hall–Kier alpha value is -2.02. The van der Waals surface area contributed by atoms with Crippen LogP contribution in [0, 0.1) is 5.82 Å². The van der Waals surface area contributed by atoms with E-state index in [2.05, 4.69) is 5.32 Å². The molecule has 0 atom stereocenters. The van der Waals surface area contributed by atoms with Gasteiger partial charge in [0.1, 0.15) is 11.6 Å². The topological polar surface area (TPSA) is 76.8 Å². The molecule has 3 N–H and O–H groups in total. The first-order valence-corrected chi connectivity index (χ1v) is 6.84. The Labute approximate surface area is 123 Å². The molecular formula is C14H20FN3O3. The predicted octanol–water partition coefficient (Wildman–Crippen LogP) is 1.08. The van der Waals surface area contributed by atoms with Crippen LogP contribution in [0.15, 0.2) is 12.1 Å². The first-order valence-electron chi connectivity index (χ1n) is 6.84. The quantitative estimate of drug-likeness (QED) is 0.795. The van der Waals surface area contributed by atoms with Gasteiger partial charge in [-0.05, 0) is 0 Å². The molecule has 0 saturated carbocycles. The summed E-state index contributed by atoms with van der Waals surface area (Å²) in [6, 6.07) is 2.69. The van der Waals surface area contributed by atoms with Gasteiger partial charge in [0.2, 0.25) is 5.91 Å². The predicted molar refractivity (Wildman–Crippen MR) is 77.9 cm³/mol. The summed E-state index contributed by atoms with van der Waals surface area (Å²) in [7, 11) is 1.47. The zero-order valence-electron chi connectivity index (χ0n) is 12.0. The molecule has 1 aliphatic rings. The van der Waals surface area contributed by atoms with Gasteiger partial charge in [-0.3, -0.25) is 4.79 Å². The Bertz CT molecular complexity index is 504. The number of nitrogens with two attached hydrogens (primary N) is 1. The average Bonchev–Trinajstić information content (AvgIpc) is 2.50. The first kappa shape index (κ1) is 15.4. The summed E-state index contributed by atoms with van der Waals surface area (Å²) >= 11 is 0. The smallest absolute Gasteiger partial charge is 0.224 e. The van der Waals surface area contributed by atoms with Crippen LogP contribution in [0.4, 0.5) is 15.8 Å². The molecule has 6 nitrogen and oxygen atoms in total. The molecule has 7 heteroatoms. The molecule has 1 amide bonds. The lowest BCUT2D eigenvalue weighted by Gasteiger charge is -2.27. The van der Waals surface area contributed by atoms with E-state index in [0.717, 1.165) is 0 Å². The third kappa shape index (κ3) is 3.98. The average molecular weight is 297 g/mol. The summed E-state index contributed by atoms with van der Waals surface area (Å²) in [6.07, 6.45) is 0.298. The number of hydrogen-bond acceptors (Lipinski definition) is 5. The molecule has 21 heavy (non-hydrogen) atoms. The lowest BCUT2D eigenvalue weighted by atomic mass is 10.2. The van der Waals surface area contributed by atoms with E-state index in [1.807, 2.05) is 0 Å². The number of nitrogens with zero attached hydrogens (tertiary/aromatic N) is 1. The minimum absolute atomic E-state index is 0.0358. The van der Waals surface area contributed by atoms with Gasteiger partial charge in [-0.25, -0.2) is 4.39 Å². The Morgan fingerprint density at radius 2 is 2.19 bits per heavy atom. The fourth-order valence-electron chi connectivity index (χ4n) is 2.16. The number of nitrogen functional groups attached to an aromatic ring is 1. The molecule has 1 fully saturated rings. The highest BCUT2D eigenvalue weighted by molar-refractivity contribution is 5.77. The SMILES string of the molecule is COc1cc(NCCC(=O)N2CCOCC2)c(F)cc1N. The fraction of sp³-hybridized carbons (Fsp3) is 0.500. The maximum atomic E-state index is 13.7. The molecule has 0 aliphatic carbocycles. The summed E-state index contributed by atoms with van der Waals surface area (Å²) < 4.78 is 24.0. The molecule has 116 valence electrons. The molecule has 0 bridgehead atoms. The van der Waals surface area contributed by atoms with Crippen LogP contribution < -0.4 is 15.8 Å². The van der Waals surface area contributed by atoms with Gasteiger partial charge in [0.15, 0.2) is 0 Å². The van der Waals surface area contributed by atoms with Crippen molar-refractivity contribution in [1.82, 2.24) is 4.90 Å². The van der Waals surface area contributed by atoms with Crippen molar-refractivity contribution in [2.24, 2.45) is 0 Å². The summed E-state index contributed by atoms with van der Waals surface area (Å²) in [5.74, 6) is -0.0286. The number of rotatable bonds is 5. The molecule has 0 spiro atoms. The van der Waals surface area contributed by atoms with Crippen molar-refractivity contribution in [3.05, 3.63) is 17.9 Å². The van der Waals surface area contributed by atoms with Gasteiger partial charge < -0.3 is 25.4 Å². The lowest BCUT2D eigenvalue weighted by molar-refractivity contribution is -0.134. The second-order valence-electron chi connectivity index (χ2n) is 4.74. The molecule has 2 rings (SSSR count). The molecular weight excluding hydrogens is 277 g/mol. The van der Waals surface area contributed by atoms with E-state index in [9.17, 15) is 9.18 Å². The Morgan fingerprint density at radius 3 is 2.86 bits per heavy atom. The maximum absolute atomic E-state index is 13.7. The number of ether oxygens (including phenoxy) is 2. The number of carbonyl (C=O) groups excluding carboxylic acids is 1. The van der Waals surface area contributed by atoms with E-state index in [-0.39, 0.29) is 17.3 Å². The third-order valence-corrected chi connectivity index (χ3v) is 3.34. The first-order chi connectivity index (χ1) is 10.1. The maximum Gasteiger partial charge on any atom is 0.224 e. The molecule has 1 aromatic carbocycles. The highest BCUT2D eigenvalue weighted by Crippen LogP contribution is 2.28. The summed E-state index contributed by atoms with van der Waals surface area (Å²) in [5, 5.41) is 2.90. The van der Waals surface area contributed by atoms with Crippen molar-refractivity contribution in [3.63, 3.8) is 0 Å². The van der Waals surface area contributed by atoms with Gasteiger partial charge >= 0.3 is 0 Å². The number of morpholine rings is 1. The van der Waals surface area contributed by atoms with Crippen molar-refractivity contribution < 1.29 is 18.7 Å². The molecule has 1 aromatic rings. The molecule has 0 radical (unpaired) electrons. The van der Waals surface area contributed by atoms with E-state index in [1.165, 1.54) is 19.2 Å². The number of benzene rings is 1. The van der Waals surface area contributed by atoms with Crippen LogP contribution in [0.5, 0.6) is 5.75 Å². The van der Waals surface area contributed by atoms with Gasteiger partial charge in [-0.1, -0.05) is 0 Å². The minimum Gasteiger partial charge on any atom is -0.495 e. The van der Waals surface area contributed by atoms with E-state index >= 15 is 0 Å². The van der Waals surface area contributed by atoms with E-state index in [1.54, 1.807) is 4.90 Å². The van der Waals surface area contributed by atoms with Crippen molar-refractivity contribution in [2.75, 3.05) is 51.0 Å². The summed E-state index contributed by atoms with van der Waals surface area (Å²) in [5.41, 5.74) is 6.12. The van der Waals surface area contributed by atoms with Crippen LogP contribution in [0.25, 0.3) is 0 Å². The van der Waals surface area contributed by atoms with Crippen LogP contribution in [0.2, 0.25) is 0 Å². The number of hydrogen-bond donors (Lipinski definition) is 2. The minimum atomic E-state index is -0.466. The monoisotopic (exact) mass is 297 g/mol. The highest BCUT2D eigenvalue weighted by Gasteiger charge is 2.16. The largest absolute Gasteiger partial charge is 0.495 e. The molecule has 1 saturated heterocycles. The van der Waals surface area contributed by atoms with Crippen molar-refractivity contribution >= 4 is 17.3 Å². The number of methoxy groups -OCH3 is 1. The Kier molecular flexibility index (Phi) is 5.21. The fourth-order valence-corrected chi connectivity index (χ4v) is 2.16. The lowest BCUT2D eigenvalue weighted by Crippen LogP contribution is -2.41. The number of nitrogens with one attached hydrogen (secondary N) is 1. The van der Waals surface area contributed by atoms with Gasteiger partial charge in [0, 0.05) is 38.2 Å². The van der Waals surface area contributed by atoms with E-state index < -0.39 is 5.82 Å². The molecule has 0 unspecified atom stereocenters. The van der Waals surface area contributed by atoms with Crippen LogP contribution in [0.1, 0.15) is 6.42 Å². The van der Waals surface area contributed by atoms with E-state index in [0.29, 0.717) is 45.0 Å². The van der Waals surface area contributed by atoms with Crippen molar-refractivity contribution in [2.45, 2.75) is 6.42 Å². The highest BCUT2D eigenvalue weighted by atomic mass is 19.1. The van der Waals surface area contributed by atoms with Gasteiger partial charge in [-0.15, -0.1) is 0 Å². The van der Waals surface area contributed by atoms with Crippen LogP contribution in [-0.2, 0) is 9.53 Å². The number of amides is 1. The van der Waals surface area contributed by atoms with E-state index in [4.69, 9.17) is 15.2 Å². The molecule has 1 heterocycles. The van der Waals surface area contributed by atoms with Crippen LogP contribution >= 0.6 is 0 Å². The van der Waals surface area contributed by atoms with Gasteiger partial charge in [0.05, 0.1) is 31.7 Å². The van der Waals surface area contributed by atoms with Crippen molar-refractivity contribution in [1.29, 1.82) is 0 Å². The van der Waals surface area contributed by atoms with Crippen molar-refractivity contribution in [3.8, 4) is 5.75 Å². The summed E-state index contributed by atoms with van der Waals surface area (Å²) in [6.45, 7) is 2.72. The molecule has 1 aliphatic heterocycles. The zero-order valence-corrected chi connectivity index (χ0v) is 12.0. The second-order valence-corrected chi connectivity index (χ2v) is 4.74.